The number of rotatable bonds is 8. The van der Waals surface area contributed by atoms with Crippen molar-refractivity contribution < 1.29 is 14.5 Å². The Balaban J connectivity index is 1.70. The number of ether oxygens (including phenoxy) is 1. The van der Waals surface area contributed by atoms with Crippen LogP contribution in [0.15, 0.2) is 40.9 Å². The van der Waals surface area contributed by atoms with Gasteiger partial charge in [0.25, 0.3) is 5.69 Å². The highest BCUT2D eigenvalue weighted by Gasteiger charge is 2.17. The number of carbonyl (C=O) groups excluding carboxylic acids is 1. The Hall–Kier alpha value is -2.92. The lowest BCUT2D eigenvalue weighted by atomic mass is 10.2. The number of hydrogen-bond donors (Lipinski definition) is 1. The topological polar surface area (TPSA) is 112 Å². The maximum atomic E-state index is 12.4. The van der Waals surface area contributed by atoms with Crippen molar-refractivity contribution in [3.8, 4) is 16.5 Å². The molecule has 9 nitrogen and oxygen atoms in total. The van der Waals surface area contributed by atoms with Gasteiger partial charge in [-0.1, -0.05) is 17.8 Å². The summed E-state index contributed by atoms with van der Waals surface area (Å²) >= 11 is 2.82. The van der Waals surface area contributed by atoms with E-state index in [1.807, 2.05) is 29.0 Å². The van der Waals surface area contributed by atoms with Gasteiger partial charge in [0.05, 0.1) is 28.4 Å². The molecule has 0 fully saturated rings. The Labute approximate surface area is 168 Å². The fourth-order valence-corrected chi connectivity index (χ4v) is 4.01. The van der Waals surface area contributed by atoms with Crippen LogP contribution >= 0.6 is 23.1 Å². The van der Waals surface area contributed by atoms with Gasteiger partial charge in [-0.2, -0.15) is 0 Å². The zero-order valence-electron chi connectivity index (χ0n) is 15.1. The zero-order valence-corrected chi connectivity index (χ0v) is 16.7. The average Bonchev–Trinajstić information content (AvgIpc) is 3.35. The number of carbonyl (C=O) groups is 1. The van der Waals surface area contributed by atoms with E-state index in [2.05, 4.69) is 15.5 Å². The largest absolute Gasteiger partial charge is 0.495 e. The molecule has 11 heteroatoms. The van der Waals surface area contributed by atoms with E-state index in [-0.39, 0.29) is 23.0 Å². The molecule has 0 unspecified atom stereocenters. The Kier molecular flexibility index (Phi) is 6.26. The third-order valence-corrected chi connectivity index (χ3v) is 5.61. The minimum Gasteiger partial charge on any atom is -0.495 e. The molecule has 0 spiro atoms. The highest BCUT2D eigenvalue weighted by Crippen LogP contribution is 2.30. The second kappa shape index (κ2) is 8.85. The SMILES string of the molecule is CCn1c(SCC(=O)Nc2cc([N+](=O)[O-])ccc2OC)nnc1-c1cccs1. The summed E-state index contributed by atoms with van der Waals surface area (Å²) < 4.78 is 7.10. The number of hydrogen-bond acceptors (Lipinski definition) is 8. The van der Waals surface area contributed by atoms with Gasteiger partial charge in [-0.25, -0.2) is 0 Å². The summed E-state index contributed by atoms with van der Waals surface area (Å²) in [6.45, 7) is 2.65. The number of nitro benzene ring substituents is 1. The first-order valence-electron chi connectivity index (χ1n) is 8.25. The van der Waals surface area contributed by atoms with E-state index < -0.39 is 4.92 Å². The van der Waals surface area contributed by atoms with Crippen molar-refractivity contribution in [2.24, 2.45) is 0 Å². The quantitative estimate of drug-likeness (QED) is 0.337. The number of nitro groups is 1. The van der Waals surface area contributed by atoms with E-state index >= 15 is 0 Å². The second-order valence-electron chi connectivity index (χ2n) is 5.51. The fraction of sp³-hybridized carbons (Fsp3) is 0.235. The summed E-state index contributed by atoms with van der Waals surface area (Å²) in [4.78, 5) is 23.8. The Morgan fingerprint density at radius 3 is 2.86 bits per heavy atom. The molecule has 0 aliphatic rings. The molecule has 0 aliphatic heterocycles. The molecule has 0 bridgehead atoms. The summed E-state index contributed by atoms with van der Waals surface area (Å²) in [6, 6.07) is 7.95. The van der Waals surface area contributed by atoms with E-state index in [0.29, 0.717) is 17.5 Å². The van der Waals surface area contributed by atoms with Gasteiger partial charge in [0.1, 0.15) is 5.75 Å². The van der Waals surface area contributed by atoms with Crippen molar-refractivity contribution in [2.45, 2.75) is 18.6 Å². The van der Waals surface area contributed by atoms with Crippen molar-refractivity contribution in [3.63, 3.8) is 0 Å². The Morgan fingerprint density at radius 2 is 2.21 bits per heavy atom. The molecule has 1 aromatic carbocycles. The lowest BCUT2D eigenvalue weighted by Crippen LogP contribution is -2.15. The monoisotopic (exact) mass is 419 g/mol. The summed E-state index contributed by atoms with van der Waals surface area (Å²) in [5, 5.41) is 24.6. The van der Waals surface area contributed by atoms with Gasteiger partial charge >= 0.3 is 0 Å². The number of non-ortho nitro benzene ring substituents is 1. The molecule has 0 aliphatic carbocycles. The smallest absolute Gasteiger partial charge is 0.271 e. The van der Waals surface area contributed by atoms with Crippen LogP contribution in [0.4, 0.5) is 11.4 Å². The number of nitrogens with one attached hydrogen (secondary N) is 1. The summed E-state index contributed by atoms with van der Waals surface area (Å²) in [6.07, 6.45) is 0. The first kappa shape index (κ1) is 19.8. The molecule has 1 N–H and O–H groups in total. The van der Waals surface area contributed by atoms with E-state index in [4.69, 9.17) is 4.74 Å². The van der Waals surface area contributed by atoms with Crippen LogP contribution in [0.3, 0.4) is 0 Å². The number of benzene rings is 1. The van der Waals surface area contributed by atoms with E-state index in [9.17, 15) is 14.9 Å². The standard InChI is InChI=1S/C17H17N5O4S2/c1-3-21-16(14-5-4-8-27-14)19-20-17(21)28-10-15(23)18-12-9-11(22(24)25)6-7-13(12)26-2/h4-9H,3,10H2,1-2H3,(H,18,23). The van der Waals surface area contributed by atoms with Crippen LogP contribution < -0.4 is 10.1 Å². The zero-order chi connectivity index (χ0) is 20.1. The van der Waals surface area contributed by atoms with Crippen LogP contribution in [0.5, 0.6) is 5.75 Å². The van der Waals surface area contributed by atoms with Gasteiger partial charge < -0.3 is 14.6 Å². The normalized spacial score (nSPS) is 10.6. The maximum Gasteiger partial charge on any atom is 0.271 e. The third-order valence-electron chi connectivity index (χ3n) is 3.77. The highest BCUT2D eigenvalue weighted by molar-refractivity contribution is 7.99. The number of thiophene rings is 1. The number of aromatic nitrogens is 3. The molecule has 3 rings (SSSR count). The Morgan fingerprint density at radius 1 is 1.39 bits per heavy atom. The predicted octanol–water partition coefficient (Wildman–Crippen LogP) is 3.67. The first-order chi connectivity index (χ1) is 13.5. The fourth-order valence-electron chi connectivity index (χ4n) is 2.49. The summed E-state index contributed by atoms with van der Waals surface area (Å²) in [5.74, 6) is 0.863. The molecule has 0 atom stereocenters. The van der Waals surface area contributed by atoms with Crippen LogP contribution in [0, 0.1) is 10.1 Å². The van der Waals surface area contributed by atoms with Crippen molar-refractivity contribution in [1.82, 2.24) is 14.8 Å². The van der Waals surface area contributed by atoms with Gasteiger partial charge in [0.2, 0.25) is 5.91 Å². The highest BCUT2D eigenvalue weighted by atomic mass is 32.2. The lowest BCUT2D eigenvalue weighted by molar-refractivity contribution is -0.384. The molecular formula is C17H17N5O4S2. The van der Waals surface area contributed by atoms with Gasteiger partial charge in [-0.05, 0) is 24.4 Å². The molecule has 0 saturated carbocycles. The minimum absolute atomic E-state index is 0.0778. The predicted molar refractivity (Wildman–Crippen MR) is 108 cm³/mol. The van der Waals surface area contributed by atoms with E-state index in [1.54, 1.807) is 11.3 Å². The van der Waals surface area contributed by atoms with Crippen LogP contribution in [0.2, 0.25) is 0 Å². The van der Waals surface area contributed by atoms with E-state index in [0.717, 1.165) is 10.7 Å². The molecule has 0 radical (unpaired) electrons. The number of methoxy groups -OCH3 is 1. The molecule has 1 amide bonds. The van der Waals surface area contributed by atoms with Crippen molar-refractivity contribution in [3.05, 3.63) is 45.8 Å². The van der Waals surface area contributed by atoms with Gasteiger partial charge in [-0.15, -0.1) is 21.5 Å². The Bertz CT molecular complexity index is 988. The number of thioether (sulfide) groups is 1. The number of nitrogens with zero attached hydrogens (tertiary/aromatic N) is 4. The number of anilines is 1. The minimum atomic E-state index is -0.528. The van der Waals surface area contributed by atoms with Crippen LogP contribution in [0.25, 0.3) is 10.7 Å². The van der Waals surface area contributed by atoms with Crippen molar-refractivity contribution in [1.29, 1.82) is 0 Å². The van der Waals surface area contributed by atoms with Crippen molar-refractivity contribution >= 4 is 40.4 Å². The van der Waals surface area contributed by atoms with Crippen LogP contribution in [-0.2, 0) is 11.3 Å². The third kappa shape index (κ3) is 4.31. The molecule has 0 saturated heterocycles. The van der Waals surface area contributed by atoms with E-state index in [1.165, 1.54) is 37.1 Å². The molecule has 28 heavy (non-hydrogen) atoms. The summed E-state index contributed by atoms with van der Waals surface area (Å²) in [7, 11) is 1.43. The molecular weight excluding hydrogens is 402 g/mol. The molecule has 146 valence electrons. The van der Waals surface area contributed by atoms with Crippen molar-refractivity contribution in [2.75, 3.05) is 18.2 Å². The first-order valence-corrected chi connectivity index (χ1v) is 10.1. The van der Waals surface area contributed by atoms with Gasteiger partial charge in [0.15, 0.2) is 11.0 Å². The maximum absolute atomic E-state index is 12.4. The van der Waals surface area contributed by atoms with Gasteiger partial charge in [0, 0.05) is 18.7 Å². The van der Waals surface area contributed by atoms with Gasteiger partial charge in [-0.3, -0.25) is 14.9 Å². The lowest BCUT2D eigenvalue weighted by Gasteiger charge is -2.10. The van der Waals surface area contributed by atoms with Crippen LogP contribution in [-0.4, -0.2) is 38.5 Å². The number of amides is 1. The molecule has 2 heterocycles. The van der Waals surface area contributed by atoms with Crippen LogP contribution in [0.1, 0.15) is 6.92 Å². The second-order valence-corrected chi connectivity index (χ2v) is 7.40. The summed E-state index contributed by atoms with van der Waals surface area (Å²) in [5.41, 5.74) is 0.119. The molecule has 2 aromatic heterocycles. The molecule has 3 aromatic rings. The average molecular weight is 419 g/mol.